The second-order valence-corrected chi connectivity index (χ2v) is 10.1. The molecule has 0 spiro atoms. The summed E-state index contributed by atoms with van der Waals surface area (Å²) < 4.78 is 14.8. The zero-order valence-electron chi connectivity index (χ0n) is 20.8. The third kappa shape index (κ3) is 2.97. The fraction of sp³-hybridized carbons (Fsp3) is 0. The number of benzene rings is 5. The minimum atomic E-state index is 0.860. The van der Waals surface area contributed by atoms with Crippen LogP contribution in [-0.4, -0.2) is 9.38 Å². The summed E-state index contributed by atoms with van der Waals surface area (Å²) in [6.45, 7) is 0. The number of hydrogen-bond donors (Lipinski definition) is 0. The highest BCUT2D eigenvalue weighted by molar-refractivity contribution is 6.11. The van der Waals surface area contributed by atoms with Crippen LogP contribution in [0.4, 0.5) is 0 Å². The van der Waals surface area contributed by atoms with Gasteiger partial charge in [0.1, 0.15) is 28.3 Å². The van der Waals surface area contributed by atoms with E-state index in [1.807, 2.05) is 40.9 Å². The largest absolute Gasteiger partial charge is 0.456 e. The van der Waals surface area contributed by atoms with Gasteiger partial charge in [0.05, 0.1) is 5.69 Å². The summed E-state index contributed by atoms with van der Waals surface area (Å²) in [5.41, 5.74) is 9.23. The molecule has 9 rings (SSSR count). The van der Waals surface area contributed by atoms with Crippen molar-refractivity contribution in [3.05, 3.63) is 122 Å². The highest BCUT2D eigenvalue weighted by Gasteiger charge is 2.21. The molecule has 0 saturated carbocycles. The van der Waals surface area contributed by atoms with Gasteiger partial charge in [0, 0.05) is 39.7 Å². The number of aromatic nitrogens is 2. The zero-order valence-corrected chi connectivity index (χ0v) is 20.8. The van der Waals surface area contributed by atoms with Crippen molar-refractivity contribution in [3.8, 4) is 45.0 Å². The van der Waals surface area contributed by atoms with Crippen LogP contribution in [0.25, 0.3) is 71.9 Å². The Hall–Kier alpha value is -5.35. The molecule has 3 aromatic heterocycles. The number of pyridine rings is 1. The van der Waals surface area contributed by atoms with E-state index < -0.39 is 0 Å². The normalized spacial score (nSPS) is 12.3. The van der Waals surface area contributed by atoms with Gasteiger partial charge in [-0.25, -0.2) is 4.98 Å². The van der Waals surface area contributed by atoms with Crippen molar-refractivity contribution in [2.24, 2.45) is 0 Å². The highest BCUT2D eigenvalue weighted by Crippen LogP contribution is 2.48. The van der Waals surface area contributed by atoms with Crippen LogP contribution in [0.1, 0.15) is 0 Å². The molecule has 0 N–H and O–H groups in total. The van der Waals surface area contributed by atoms with Crippen LogP contribution in [-0.2, 0) is 0 Å². The maximum Gasteiger partial charge on any atom is 0.137 e. The van der Waals surface area contributed by atoms with Gasteiger partial charge in [-0.2, -0.15) is 0 Å². The van der Waals surface area contributed by atoms with Crippen molar-refractivity contribution in [2.45, 2.75) is 0 Å². The third-order valence-electron chi connectivity index (χ3n) is 7.84. The Balaban J connectivity index is 1.19. The number of fused-ring (bicyclic) bond motifs is 6. The van der Waals surface area contributed by atoms with E-state index in [1.165, 1.54) is 10.9 Å². The Kier molecular flexibility index (Phi) is 4.02. The SMILES string of the molecule is c1ccc2c(c1)Oc1ccc(-c3ccc4c(c3)oc3cc(-c5cn6ccccc6n5)ccc34)c3cccc-2c13. The van der Waals surface area contributed by atoms with Crippen LogP contribution in [0, 0.1) is 0 Å². The topological polar surface area (TPSA) is 39.7 Å². The molecule has 4 heteroatoms. The van der Waals surface area contributed by atoms with E-state index in [9.17, 15) is 0 Å². The molecule has 4 heterocycles. The Morgan fingerprint density at radius 2 is 1.36 bits per heavy atom. The van der Waals surface area contributed by atoms with Gasteiger partial charge in [-0.3, -0.25) is 0 Å². The average molecular weight is 501 g/mol. The Labute approximate surface area is 223 Å². The van der Waals surface area contributed by atoms with E-state index in [0.29, 0.717) is 0 Å². The van der Waals surface area contributed by atoms with Crippen LogP contribution in [0.3, 0.4) is 0 Å². The molecule has 0 saturated heterocycles. The van der Waals surface area contributed by atoms with Gasteiger partial charge in [-0.05, 0) is 70.6 Å². The van der Waals surface area contributed by atoms with Crippen molar-refractivity contribution < 1.29 is 9.15 Å². The van der Waals surface area contributed by atoms with Crippen molar-refractivity contribution >= 4 is 38.4 Å². The maximum absolute atomic E-state index is 6.43. The van der Waals surface area contributed by atoms with Gasteiger partial charge in [0.2, 0.25) is 0 Å². The summed E-state index contributed by atoms with van der Waals surface area (Å²) in [4.78, 5) is 4.78. The van der Waals surface area contributed by atoms with E-state index in [4.69, 9.17) is 14.1 Å². The molecule has 0 unspecified atom stereocenters. The molecule has 5 aromatic carbocycles. The minimum Gasteiger partial charge on any atom is -0.456 e. The Morgan fingerprint density at radius 1 is 0.564 bits per heavy atom. The van der Waals surface area contributed by atoms with Gasteiger partial charge < -0.3 is 13.6 Å². The fourth-order valence-electron chi connectivity index (χ4n) is 6.01. The van der Waals surface area contributed by atoms with Gasteiger partial charge in [0.15, 0.2) is 0 Å². The Bertz CT molecular complexity index is 2240. The predicted octanol–water partition coefficient (Wildman–Crippen LogP) is 9.49. The molecule has 0 bridgehead atoms. The Morgan fingerprint density at radius 3 is 2.26 bits per heavy atom. The van der Waals surface area contributed by atoms with Crippen molar-refractivity contribution in [1.82, 2.24) is 9.38 Å². The summed E-state index contributed by atoms with van der Waals surface area (Å²) >= 11 is 0. The van der Waals surface area contributed by atoms with E-state index in [0.717, 1.165) is 72.4 Å². The molecule has 1 aliphatic heterocycles. The third-order valence-corrected chi connectivity index (χ3v) is 7.84. The second kappa shape index (κ2) is 7.59. The number of ether oxygens (including phenoxy) is 1. The average Bonchev–Trinajstić information content (AvgIpc) is 3.58. The molecule has 0 fully saturated rings. The van der Waals surface area contributed by atoms with Gasteiger partial charge in [0.25, 0.3) is 0 Å². The standard InChI is InChI=1S/C35H20N2O2/c1-2-9-30-24(6-1)28-8-5-7-27-23(15-16-31(38-30)35(27)28)21-11-13-25-26-14-12-22(19-33(26)39-32(25)18-21)29-20-37-17-4-3-10-34(37)36-29/h1-20H. The number of furan rings is 1. The first-order valence-electron chi connectivity index (χ1n) is 13.0. The van der Waals surface area contributed by atoms with E-state index in [1.54, 1.807) is 0 Å². The molecule has 0 atom stereocenters. The highest BCUT2D eigenvalue weighted by atomic mass is 16.5. The molecular formula is C35H20N2O2. The molecule has 0 amide bonds. The number of nitrogens with zero attached hydrogens (tertiary/aromatic N) is 2. The first-order valence-corrected chi connectivity index (χ1v) is 13.0. The van der Waals surface area contributed by atoms with Gasteiger partial charge in [-0.15, -0.1) is 0 Å². The molecule has 8 aromatic rings. The minimum absolute atomic E-state index is 0.860. The summed E-state index contributed by atoms with van der Waals surface area (Å²) in [6, 6.07) is 37.8. The summed E-state index contributed by atoms with van der Waals surface area (Å²) in [7, 11) is 0. The van der Waals surface area contributed by atoms with Gasteiger partial charge in [-0.1, -0.05) is 60.7 Å². The molecule has 4 nitrogen and oxygen atoms in total. The van der Waals surface area contributed by atoms with Crippen LogP contribution < -0.4 is 4.74 Å². The second-order valence-electron chi connectivity index (χ2n) is 10.1. The summed E-state index contributed by atoms with van der Waals surface area (Å²) in [5, 5.41) is 4.53. The number of rotatable bonds is 2. The first-order chi connectivity index (χ1) is 19.3. The summed E-state index contributed by atoms with van der Waals surface area (Å²) in [5.74, 6) is 1.80. The molecule has 39 heavy (non-hydrogen) atoms. The maximum atomic E-state index is 6.43. The molecular weight excluding hydrogens is 480 g/mol. The quantitative estimate of drug-likeness (QED) is 0.237. The fourth-order valence-corrected chi connectivity index (χ4v) is 6.01. The van der Waals surface area contributed by atoms with Crippen LogP contribution >= 0.6 is 0 Å². The molecule has 0 aliphatic carbocycles. The van der Waals surface area contributed by atoms with Crippen molar-refractivity contribution in [1.29, 1.82) is 0 Å². The monoisotopic (exact) mass is 500 g/mol. The number of para-hydroxylation sites is 1. The zero-order chi connectivity index (χ0) is 25.5. The van der Waals surface area contributed by atoms with Crippen LogP contribution in [0.15, 0.2) is 126 Å². The van der Waals surface area contributed by atoms with E-state index in [2.05, 4.69) is 85.1 Å². The van der Waals surface area contributed by atoms with E-state index in [-0.39, 0.29) is 0 Å². The predicted molar refractivity (Wildman–Crippen MR) is 156 cm³/mol. The van der Waals surface area contributed by atoms with Crippen molar-refractivity contribution in [2.75, 3.05) is 0 Å². The molecule has 0 radical (unpaired) electrons. The van der Waals surface area contributed by atoms with Crippen molar-refractivity contribution in [3.63, 3.8) is 0 Å². The van der Waals surface area contributed by atoms with Crippen LogP contribution in [0.2, 0.25) is 0 Å². The lowest BCUT2D eigenvalue weighted by Crippen LogP contribution is -1.97. The first kappa shape index (κ1) is 20.7. The lowest BCUT2D eigenvalue weighted by Gasteiger charge is -2.22. The lowest BCUT2D eigenvalue weighted by atomic mass is 9.90. The van der Waals surface area contributed by atoms with Gasteiger partial charge >= 0.3 is 0 Å². The number of imidazole rings is 1. The lowest BCUT2D eigenvalue weighted by molar-refractivity contribution is 0.487. The number of hydrogen-bond acceptors (Lipinski definition) is 3. The smallest absolute Gasteiger partial charge is 0.137 e. The molecule has 1 aliphatic rings. The summed E-state index contributed by atoms with van der Waals surface area (Å²) in [6.07, 6.45) is 4.07. The molecule has 182 valence electrons. The van der Waals surface area contributed by atoms with E-state index >= 15 is 0 Å². The van der Waals surface area contributed by atoms with Crippen LogP contribution in [0.5, 0.6) is 11.5 Å².